The Morgan fingerprint density at radius 2 is 1.72 bits per heavy atom. The fourth-order valence-electron chi connectivity index (χ4n) is 3.73. The van der Waals surface area contributed by atoms with Crippen LogP contribution in [0.25, 0.3) is 6.08 Å². The molecule has 0 spiro atoms. The summed E-state index contributed by atoms with van der Waals surface area (Å²) in [6, 6.07) is 9.38. The first kappa shape index (κ1) is 26.9. The van der Waals surface area contributed by atoms with Gasteiger partial charge in [0.25, 0.3) is 5.91 Å². The predicted octanol–water partition coefficient (Wildman–Crippen LogP) is 3.27. The van der Waals surface area contributed by atoms with Crippen molar-refractivity contribution in [3.8, 4) is 0 Å². The van der Waals surface area contributed by atoms with Gasteiger partial charge >= 0.3 is 12.1 Å². The smallest absolute Gasteiger partial charge is 0.416 e. The second kappa shape index (κ2) is 12.3. The van der Waals surface area contributed by atoms with Gasteiger partial charge in [-0.2, -0.15) is 13.2 Å². The molecule has 2 N–H and O–H groups in total. The standard InChI is InChI=1S/C25H26F3N3O5/c26-25(27,28)20-6-8-21(9-7-20)29-24(35)23(19-4-1-18(2-5-19)3-10-22(33)34)31(17-32)12-11-30-13-15-36-16-14-30/h1-10,17,23H,11-16H2,(H,29,35)(H,33,34). The molecule has 36 heavy (non-hydrogen) atoms. The summed E-state index contributed by atoms with van der Waals surface area (Å²) in [5.74, 6) is -1.71. The number of ether oxygens (including phenoxy) is 1. The Labute approximate surface area is 205 Å². The van der Waals surface area contributed by atoms with Crippen molar-refractivity contribution in [1.82, 2.24) is 9.80 Å². The number of carbonyl (C=O) groups excluding carboxylic acids is 2. The summed E-state index contributed by atoms with van der Waals surface area (Å²) in [6.07, 6.45) is -1.57. The van der Waals surface area contributed by atoms with E-state index in [0.29, 0.717) is 50.4 Å². The van der Waals surface area contributed by atoms with Crippen LogP contribution in [-0.4, -0.2) is 72.6 Å². The molecule has 8 nitrogen and oxygen atoms in total. The summed E-state index contributed by atoms with van der Waals surface area (Å²) >= 11 is 0. The molecule has 1 aliphatic rings. The Morgan fingerprint density at radius 1 is 1.08 bits per heavy atom. The van der Waals surface area contributed by atoms with Crippen molar-refractivity contribution in [1.29, 1.82) is 0 Å². The zero-order chi connectivity index (χ0) is 26.1. The molecule has 192 valence electrons. The minimum Gasteiger partial charge on any atom is -0.478 e. The highest BCUT2D eigenvalue weighted by Crippen LogP contribution is 2.30. The van der Waals surface area contributed by atoms with Crippen molar-refractivity contribution < 1.29 is 37.4 Å². The van der Waals surface area contributed by atoms with Gasteiger partial charge in [0.05, 0.1) is 18.8 Å². The van der Waals surface area contributed by atoms with Crippen LogP contribution in [0, 0.1) is 0 Å². The number of carboxylic acid groups (broad SMARTS) is 1. The summed E-state index contributed by atoms with van der Waals surface area (Å²) in [4.78, 5) is 39.5. The van der Waals surface area contributed by atoms with Crippen molar-refractivity contribution in [2.75, 3.05) is 44.7 Å². The molecule has 1 saturated heterocycles. The number of hydrogen-bond donors (Lipinski definition) is 2. The first-order valence-corrected chi connectivity index (χ1v) is 11.2. The number of morpholine rings is 1. The lowest BCUT2D eigenvalue weighted by atomic mass is 10.0. The van der Waals surface area contributed by atoms with Crippen LogP contribution in [0.3, 0.4) is 0 Å². The topological polar surface area (TPSA) is 99.2 Å². The fourth-order valence-corrected chi connectivity index (χ4v) is 3.73. The molecule has 1 atom stereocenters. The van der Waals surface area contributed by atoms with Gasteiger partial charge in [-0.1, -0.05) is 24.3 Å². The zero-order valence-electron chi connectivity index (χ0n) is 19.3. The third-order valence-electron chi connectivity index (χ3n) is 5.64. The molecule has 2 amide bonds. The largest absolute Gasteiger partial charge is 0.478 e. The Kier molecular flexibility index (Phi) is 9.20. The second-order valence-electron chi connectivity index (χ2n) is 8.10. The van der Waals surface area contributed by atoms with E-state index in [-0.39, 0.29) is 12.2 Å². The van der Waals surface area contributed by atoms with Gasteiger partial charge in [0, 0.05) is 37.9 Å². The van der Waals surface area contributed by atoms with E-state index in [2.05, 4.69) is 10.2 Å². The van der Waals surface area contributed by atoms with Gasteiger partial charge in [0.1, 0.15) is 6.04 Å². The lowest BCUT2D eigenvalue weighted by molar-refractivity contribution is -0.137. The summed E-state index contributed by atoms with van der Waals surface area (Å²) < 4.78 is 43.9. The van der Waals surface area contributed by atoms with E-state index >= 15 is 0 Å². The van der Waals surface area contributed by atoms with Gasteiger partial charge in [0.2, 0.25) is 6.41 Å². The quantitative estimate of drug-likeness (QED) is 0.380. The van der Waals surface area contributed by atoms with Crippen LogP contribution in [-0.2, 0) is 25.3 Å². The highest BCUT2D eigenvalue weighted by atomic mass is 19.4. The lowest BCUT2D eigenvalue weighted by Crippen LogP contribution is -2.44. The van der Waals surface area contributed by atoms with Crippen molar-refractivity contribution >= 4 is 30.0 Å². The van der Waals surface area contributed by atoms with E-state index in [1.54, 1.807) is 24.3 Å². The highest BCUT2D eigenvalue weighted by molar-refractivity contribution is 5.96. The monoisotopic (exact) mass is 505 g/mol. The number of halogens is 3. The molecule has 1 heterocycles. The Morgan fingerprint density at radius 3 is 2.28 bits per heavy atom. The average molecular weight is 505 g/mol. The van der Waals surface area contributed by atoms with Crippen LogP contribution in [0.4, 0.5) is 18.9 Å². The maximum absolute atomic E-state index is 13.3. The van der Waals surface area contributed by atoms with Crippen molar-refractivity contribution in [3.63, 3.8) is 0 Å². The molecule has 3 rings (SSSR count). The van der Waals surface area contributed by atoms with Crippen LogP contribution in [0.2, 0.25) is 0 Å². The summed E-state index contributed by atoms with van der Waals surface area (Å²) in [5.41, 5.74) is 0.343. The van der Waals surface area contributed by atoms with E-state index < -0.39 is 29.7 Å². The first-order valence-electron chi connectivity index (χ1n) is 11.2. The Balaban J connectivity index is 1.83. The van der Waals surface area contributed by atoms with E-state index in [0.717, 1.165) is 30.3 Å². The van der Waals surface area contributed by atoms with E-state index in [1.807, 2.05) is 0 Å². The number of carboxylic acids is 1. The van der Waals surface area contributed by atoms with Gasteiger partial charge < -0.3 is 20.1 Å². The molecule has 0 radical (unpaired) electrons. The van der Waals surface area contributed by atoms with Crippen LogP contribution < -0.4 is 5.32 Å². The van der Waals surface area contributed by atoms with Crippen LogP contribution in [0.1, 0.15) is 22.7 Å². The number of carbonyl (C=O) groups is 3. The summed E-state index contributed by atoms with van der Waals surface area (Å²) in [6.45, 7) is 3.27. The number of nitrogens with one attached hydrogen (secondary N) is 1. The van der Waals surface area contributed by atoms with E-state index in [9.17, 15) is 27.6 Å². The number of hydrogen-bond acceptors (Lipinski definition) is 5. The minimum absolute atomic E-state index is 0.151. The maximum Gasteiger partial charge on any atom is 0.416 e. The van der Waals surface area contributed by atoms with Crippen LogP contribution >= 0.6 is 0 Å². The Bertz CT molecular complexity index is 1070. The molecular weight excluding hydrogens is 479 g/mol. The molecule has 2 aromatic rings. The number of alkyl halides is 3. The molecule has 0 saturated carbocycles. The van der Waals surface area contributed by atoms with Gasteiger partial charge in [-0.25, -0.2) is 4.79 Å². The van der Waals surface area contributed by atoms with Gasteiger partial charge in [0.15, 0.2) is 0 Å². The molecule has 1 aliphatic heterocycles. The summed E-state index contributed by atoms with van der Waals surface area (Å²) in [7, 11) is 0. The normalized spacial score (nSPS) is 15.4. The molecular formula is C25H26F3N3O5. The molecule has 1 unspecified atom stereocenters. The second-order valence-corrected chi connectivity index (χ2v) is 8.10. The third kappa shape index (κ3) is 7.65. The van der Waals surface area contributed by atoms with Crippen molar-refractivity contribution in [2.45, 2.75) is 12.2 Å². The number of nitrogens with zero attached hydrogens (tertiary/aromatic N) is 2. The van der Waals surface area contributed by atoms with Gasteiger partial charge in [-0.3, -0.25) is 14.5 Å². The van der Waals surface area contributed by atoms with Crippen molar-refractivity contribution in [2.24, 2.45) is 0 Å². The first-order chi connectivity index (χ1) is 17.2. The molecule has 0 aliphatic carbocycles. The van der Waals surface area contributed by atoms with Gasteiger partial charge in [-0.05, 0) is 41.5 Å². The summed E-state index contributed by atoms with van der Waals surface area (Å²) in [5, 5.41) is 11.4. The number of anilines is 1. The van der Waals surface area contributed by atoms with Gasteiger partial charge in [-0.15, -0.1) is 0 Å². The zero-order valence-corrected chi connectivity index (χ0v) is 19.3. The molecule has 0 bridgehead atoms. The number of benzene rings is 2. The van der Waals surface area contributed by atoms with Crippen LogP contribution in [0.15, 0.2) is 54.6 Å². The maximum atomic E-state index is 13.3. The van der Waals surface area contributed by atoms with Crippen LogP contribution in [0.5, 0.6) is 0 Å². The SMILES string of the molecule is O=CN(CCN1CCOCC1)C(C(=O)Nc1ccc(C(F)(F)F)cc1)c1ccc(C=CC(=O)O)cc1. The van der Waals surface area contributed by atoms with E-state index in [4.69, 9.17) is 9.84 Å². The number of aliphatic carboxylic acids is 1. The highest BCUT2D eigenvalue weighted by Gasteiger charge is 2.31. The third-order valence-corrected chi connectivity index (χ3v) is 5.64. The van der Waals surface area contributed by atoms with E-state index in [1.165, 1.54) is 11.0 Å². The molecule has 2 aromatic carbocycles. The molecule has 0 aromatic heterocycles. The Hall–Kier alpha value is -3.70. The number of rotatable bonds is 10. The minimum atomic E-state index is -4.50. The van der Waals surface area contributed by atoms with Crippen molar-refractivity contribution in [3.05, 3.63) is 71.3 Å². The average Bonchev–Trinajstić information content (AvgIpc) is 2.86. The molecule has 11 heteroatoms. The lowest BCUT2D eigenvalue weighted by Gasteiger charge is -2.32. The molecule has 1 fully saturated rings. The predicted molar refractivity (Wildman–Crippen MR) is 126 cm³/mol. The fraction of sp³-hybridized carbons (Fsp3) is 0.320. The number of amides is 2.